The van der Waals surface area contributed by atoms with Crippen molar-refractivity contribution >= 4 is 21.4 Å². The minimum absolute atomic E-state index is 0.145. The quantitative estimate of drug-likeness (QED) is 0.574. The van der Waals surface area contributed by atoms with Gasteiger partial charge in [0.1, 0.15) is 0 Å². The number of aromatic nitrogens is 1. The van der Waals surface area contributed by atoms with Gasteiger partial charge in [0.2, 0.25) is 10.0 Å². The molecule has 0 aliphatic rings. The Morgan fingerprint density at radius 2 is 1.85 bits per heavy atom. The maximum absolute atomic E-state index is 13.3. The van der Waals surface area contributed by atoms with Crippen LogP contribution in [0.5, 0.6) is 11.5 Å². The normalized spacial score (nSPS) is 11.5. The van der Waals surface area contributed by atoms with Gasteiger partial charge < -0.3 is 9.47 Å². The molecule has 0 bridgehead atoms. The monoisotopic (exact) mass is 404 g/mol. The summed E-state index contributed by atoms with van der Waals surface area (Å²) in [6, 6.07) is 12.0. The van der Waals surface area contributed by atoms with Crippen molar-refractivity contribution in [2.75, 3.05) is 14.2 Å². The van der Waals surface area contributed by atoms with Crippen LogP contribution in [0, 0.1) is 0 Å². The molecule has 2 aromatic heterocycles. The van der Waals surface area contributed by atoms with E-state index in [1.54, 1.807) is 18.3 Å². The molecule has 0 saturated carbocycles. The van der Waals surface area contributed by atoms with Gasteiger partial charge in [-0.2, -0.15) is 15.6 Å². The molecule has 0 saturated heterocycles. The van der Waals surface area contributed by atoms with Crippen molar-refractivity contribution in [3.05, 3.63) is 70.7 Å². The lowest BCUT2D eigenvalue weighted by molar-refractivity contribution is 0.353. The first-order valence-corrected chi connectivity index (χ1v) is 10.6. The molecule has 27 heavy (non-hydrogen) atoms. The van der Waals surface area contributed by atoms with E-state index >= 15 is 0 Å². The number of ether oxygens (including phenoxy) is 2. The third kappa shape index (κ3) is 4.47. The van der Waals surface area contributed by atoms with E-state index < -0.39 is 10.0 Å². The first-order chi connectivity index (χ1) is 13.0. The van der Waals surface area contributed by atoms with Gasteiger partial charge in [-0.05, 0) is 46.7 Å². The zero-order chi connectivity index (χ0) is 19.3. The minimum atomic E-state index is -3.77. The second-order valence-electron chi connectivity index (χ2n) is 5.74. The predicted molar refractivity (Wildman–Crippen MR) is 105 cm³/mol. The molecular weight excluding hydrogens is 384 g/mol. The molecule has 1 aromatic carbocycles. The summed E-state index contributed by atoms with van der Waals surface area (Å²) in [5.41, 5.74) is 1.61. The van der Waals surface area contributed by atoms with E-state index in [0.717, 1.165) is 5.56 Å². The summed E-state index contributed by atoms with van der Waals surface area (Å²) in [4.78, 5) is 4.41. The molecule has 0 fully saturated rings. The van der Waals surface area contributed by atoms with Crippen molar-refractivity contribution in [2.45, 2.75) is 18.0 Å². The molecule has 0 aliphatic carbocycles. The number of methoxy groups -OCH3 is 2. The summed E-state index contributed by atoms with van der Waals surface area (Å²) in [6.45, 7) is 0.435. The van der Waals surface area contributed by atoms with Crippen LogP contribution in [-0.4, -0.2) is 31.9 Å². The van der Waals surface area contributed by atoms with E-state index in [1.807, 2.05) is 29.0 Å². The van der Waals surface area contributed by atoms with E-state index in [0.29, 0.717) is 17.2 Å². The average Bonchev–Trinajstić information content (AvgIpc) is 3.21. The smallest absolute Gasteiger partial charge is 0.243 e. The summed E-state index contributed by atoms with van der Waals surface area (Å²) in [7, 11) is -0.783. The second-order valence-corrected chi connectivity index (χ2v) is 8.46. The van der Waals surface area contributed by atoms with Gasteiger partial charge in [0.25, 0.3) is 0 Å². The van der Waals surface area contributed by atoms with Crippen LogP contribution < -0.4 is 9.47 Å². The van der Waals surface area contributed by atoms with Gasteiger partial charge in [0.05, 0.1) is 31.4 Å². The maximum Gasteiger partial charge on any atom is 0.243 e. The molecule has 0 amide bonds. The minimum Gasteiger partial charge on any atom is -0.493 e. The number of nitrogens with zero attached hydrogens (tertiary/aromatic N) is 2. The standard InChI is InChI=1S/C19H20N2O4S2/c1-24-18-7-6-17(11-19(18)25-2)27(22,23)21(12-15-8-10-26-14-15)13-16-5-3-4-9-20-16/h3-11,14H,12-13H2,1-2H3. The fourth-order valence-corrected chi connectivity index (χ4v) is 4.69. The molecule has 0 N–H and O–H groups in total. The highest BCUT2D eigenvalue weighted by molar-refractivity contribution is 7.89. The summed E-state index contributed by atoms with van der Waals surface area (Å²) >= 11 is 1.53. The van der Waals surface area contributed by atoms with Crippen LogP contribution in [0.2, 0.25) is 0 Å². The van der Waals surface area contributed by atoms with E-state index in [1.165, 1.54) is 42.0 Å². The lowest BCUT2D eigenvalue weighted by atomic mass is 10.3. The lowest BCUT2D eigenvalue weighted by Crippen LogP contribution is -2.30. The summed E-state index contributed by atoms with van der Waals surface area (Å²) in [5.74, 6) is 0.845. The fraction of sp³-hybridized carbons (Fsp3) is 0.211. The Morgan fingerprint density at radius 1 is 1.04 bits per heavy atom. The van der Waals surface area contributed by atoms with Crippen molar-refractivity contribution in [1.82, 2.24) is 9.29 Å². The molecule has 8 heteroatoms. The van der Waals surface area contributed by atoms with Crippen LogP contribution >= 0.6 is 11.3 Å². The van der Waals surface area contributed by atoms with Crippen LogP contribution in [0.15, 0.2) is 64.3 Å². The largest absolute Gasteiger partial charge is 0.493 e. The highest BCUT2D eigenvalue weighted by Gasteiger charge is 2.26. The van der Waals surface area contributed by atoms with Crippen molar-refractivity contribution < 1.29 is 17.9 Å². The Kier molecular flexibility index (Phi) is 6.10. The maximum atomic E-state index is 13.3. The number of pyridine rings is 1. The fourth-order valence-electron chi connectivity index (χ4n) is 2.61. The zero-order valence-electron chi connectivity index (χ0n) is 15.0. The number of sulfonamides is 1. The van der Waals surface area contributed by atoms with Gasteiger partial charge >= 0.3 is 0 Å². The van der Waals surface area contributed by atoms with Crippen LogP contribution in [0.4, 0.5) is 0 Å². The molecule has 142 valence electrons. The number of hydrogen-bond donors (Lipinski definition) is 0. The van der Waals surface area contributed by atoms with Crippen molar-refractivity contribution in [3.63, 3.8) is 0 Å². The number of benzene rings is 1. The molecule has 3 rings (SSSR count). The highest BCUT2D eigenvalue weighted by atomic mass is 32.2. The molecule has 0 spiro atoms. The summed E-state index contributed by atoms with van der Waals surface area (Å²) < 4.78 is 38.5. The molecule has 0 radical (unpaired) electrons. The third-order valence-electron chi connectivity index (χ3n) is 4.00. The van der Waals surface area contributed by atoms with Gasteiger partial charge in [-0.1, -0.05) is 6.07 Å². The Morgan fingerprint density at radius 3 is 2.48 bits per heavy atom. The van der Waals surface area contributed by atoms with Gasteiger partial charge in [-0.15, -0.1) is 0 Å². The topological polar surface area (TPSA) is 68.7 Å². The first kappa shape index (κ1) is 19.3. The number of hydrogen-bond acceptors (Lipinski definition) is 6. The predicted octanol–water partition coefficient (Wildman–Crippen LogP) is 3.55. The molecule has 3 aromatic rings. The van der Waals surface area contributed by atoms with Crippen LogP contribution in [0.25, 0.3) is 0 Å². The number of rotatable bonds is 8. The van der Waals surface area contributed by atoms with Crippen LogP contribution in [0.1, 0.15) is 11.3 Å². The molecule has 0 unspecified atom stereocenters. The lowest BCUT2D eigenvalue weighted by Gasteiger charge is -2.22. The van der Waals surface area contributed by atoms with E-state index in [9.17, 15) is 8.42 Å². The van der Waals surface area contributed by atoms with Crippen LogP contribution in [-0.2, 0) is 23.1 Å². The Hall–Kier alpha value is -2.42. The van der Waals surface area contributed by atoms with Gasteiger partial charge in [-0.25, -0.2) is 8.42 Å². The third-order valence-corrected chi connectivity index (χ3v) is 6.52. The van der Waals surface area contributed by atoms with Gasteiger partial charge in [0, 0.05) is 18.8 Å². The summed E-state index contributed by atoms with van der Waals surface area (Å²) in [5, 5.41) is 3.87. The molecule has 2 heterocycles. The number of thiophene rings is 1. The molecule has 0 atom stereocenters. The van der Waals surface area contributed by atoms with Gasteiger partial charge in [-0.3, -0.25) is 4.98 Å². The SMILES string of the molecule is COc1ccc(S(=O)(=O)N(Cc2ccsc2)Cc2ccccn2)cc1OC. The van der Waals surface area contributed by atoms with Crippen molar-refractivity contribution in [1.29, 1.82) is 0 Å². The summed E-state index contributed by atoms with van der Waals surface area (Å²) in [6.07, 6.45) is 1.65. The zero-order valence-corrected chi connectivity index (χ0v) is 16.7. The first-order valence-electron chi connectivity index (χ1n) is 8.17. The highest BCUT2D eigenvalue weighted by Crippen LogP contribution is 2.31. The van der Waals surface area contributed by atoms with E-state index in [2.05, 4.69) is 4.98 Å². The molecule has 0 aliphatic heterocycles. The average molecular weight is 405 g/mol. The molecule has 6 nitrogen and oxygen atoms in total. The van der Waals surface area contributed by atoms with E-state index in [4.69, 9.17) is 9.47 Å². The molecular formula is C19H20N2O4S2. The van der Waals surface area contributed by atoms with Crippen molar-refractivity contribution in [2.24, 2.45) is 0 Å². The van der Waals surface area contributed by atoms with Crippen LogP contribution in [0.3, 0.4) is 0 Å². The van der Waals surface area contributed by atoms with E-state index in [-0.39, 0.29) is 18.0 Å². The van der Waals surface area contributed by atoms with Gasteiger partial charge in [0.15, 0.2) is 11.5 Å². The van der Waals surface area contributed by atoms with Crippen molar-refractivity contribution in [3.8, 4) is 11.5 Å². The Bertz CT molecular complexity index is 974. The second kappa shape index (κ2) is 8.51. The Balaban J connectivity index is 1.98. The Labute approximate surface area is 163 Å².